The monoisotopic (exact) mass is 313 g/mol. The number of benzene rings is 2. The number of rotatable bonds is 4. The first-order valence-electron chi connectivity index (χ1n) is 7.07. The molecule has 0 N–H and O–H groups in total. The second kappa shape index (κ2) is 6.48. The van der Waals surface area contributed by atoms with Crippen molar-refractivity contribution in [1.29, 1.82) is 0 Å². The average Bonchev–Trinajstić information content (AvgIpc) is 2.57. The summed E-state index contributed by atoms with van der Waals surface area (Å²) >= 11 is 0. The number of nitrogens with zero attached hydrogens (tertiary/aromatic N) is 3. The van der Waals surface area contributed by atoms with Crippen LogP contribution in [0.4, 0.5) is 8.78 Å². The summed E-state index contributed by atoms with van der Waals surface area (Å²) in [6.45, 7) is 2.17. The zero-order chi connectivity index (χ0) is 16.2. The van der Waals surface area contributed by atoms with E-state index in [9.17, 15) is 8.78 Å². The molecule has 3 rings (SSSR count). The van der Waals surface area contributed by atoms with Gasteiger partial charge in [0.15, 0.2) is 11.5 Å². The van der Waals surface area contributed by atoms with Crippen LogP contribution >= 0.6 is 0 Å². The Kier molecular flexibility index (Phi) is 4.23. The van der Waals surface area contributed by atoms with Crippen molar-refractivity contribution < 1.29 is 13.5 Å². The zero-order valence-electron chi connectivity index (χ0n) is 12.3. The first-order chi connectivity index (χ1) is 11.2. The maximum atomic E-state index is 13.9. The van der Waals surface area contributed by atoms with E-state index < -0.39 is 5.82 Å². The van der Waals surface area contributed by atoms with E-state index in [0.29, 0.717) is 17.9 Å². The second-order valence-electron chi connectivity index (χ2n) is 4.71. The first-order valence-corrected chi connectivity index (χ1v) is 7.07. The predicted octanol–water partition coefficient (Wildman–Crippen LogP) is 3.88. The van der Waals surface area contributed by atoms with Gasteiger partial charge in [-0.05, 0) is 43.3 Å². The Morgan fingerprint density at radius 1 is 0.957 bits per heavy atom. The van der Waals surface area contributed by atoms with E-state index in [2.05, 4.69) is 15.2 Å². The summed E-state index contributed by atoms with van der Waals surface area (Å²) in [5, 5.41) is 8.06. The van der Waals surface area contributed by atoms with Crippen LogP contribution in [-0.2, 0) is 0 Å². The van der Waals surface area contributed by atoms with Crippen LogP contribution in [0.15, 0.2) is 48.5 Å². The molecule has 116 valence electrons. The number of halogens is 2. The molecule has 0 atom stereocenters. The fourth-order valence-corrected chi connectivity index (χ4v) is 2.09. The summed E-state index contributed by atoms with van der Waals surface area (Å²) in [4.78, 5) is 4.26. The van der Waals surface area contributed by atoms with Crippen LogP contribution in [0.3, 0.4) is 0 Å². The summed E-state index contributed by atoms with van der Waals surface area (Å²) in [6, 6.07) is 11.9. The Balaban J connectivity index is 2.09. The van der Waals surface area contributed by atoms with Gasteiger partial charge < -0.3 is 4.74 Å². The largest absolute Gasteiger partial charge is 0.476 e. The highest BCUT2D eigenvalue weighted by Crippen LogP contribution is 2.28. The SMILES string of the molecule is CCOc1nc(-c2ccccc2F)nnc1-c1ccc(F)cc1. The summed E-state index contributed by atoms with van der Waals surface area (Å²) in [6.07, 6.45) is 0. The number of hydrogen-bond donors (Lipinski definition) is 0. The highest BCUT2D eigenvalue weighted by molar-refractivity contribution is 5.66. The van der Waals surface area contributed by atoms with E-state index in [1.54, 1.807) is 37.3 Å². The van der Waals surface area contributed by atoms with Crippen molar-refractivity contribution in [2.75, 3.05) is 6.61 Å². The molecule has 4 nitrogen and oxygen atoms in total. The molecule has 1 aromatic heterocycles. The third-order valence-corrected chi connectivity index (χ3v) is 3.17. The third-order valence-electron chi connectivity index (χ3n) is 3.17. The maximum Gasteiger partial charge on any atom is 0.244 e. The van der Waals surface area contributed by atoms with Crippen LogP contribution in [0.2, 0.25) is 0 Å². The first kappa shape index (κ1) is 15.0. The molecule has 0 aliphatic heterocycles. The lowest BCUT2D eigenvalue weighted by Crippen LogP contribution is -2.04. The lowest BCUT2D eigenvalue weighted by molar-refractivity contribution is 0.326. The topological polar surface area (TPSA) is 47.9 Å². The Morgan fingerprint density at radius 2 is 1.70 bits per heavy atom. The minimum atomic E-state index is -0.439. The lowest BCUT2D eigenvalue weighted by Gasteiger charge is -2.09. The van der Waals surface area contributed by atoms with Crippen molar-refractivity contribution in [3.8, 4) is 28.5 Å². The van der Waals surface area contributed by atoms with Gasteiger partial charge in [-0.2, -0.15) is 4.98 Å². The van der Waals surface area contributed by atoms with Crippen molar-refractivity contribution >= 4 is 0 Å². The van der Waals surface area contributed by atoms with Gasteiger partial charge in [-0.15, -0.1) is 10.2 Å². The van der Waals surface area contributed by atoms with Gasteiger partial charge in [0.05, 0.1) is 12.2 Å². The molecule has 0 bridgehead atoms. The van der Waals surface area contributed by atoms with E-state index in [4.69, 9.17) is 4.74 Å². The Bertz CT molecular complexity index is 822. The molecule has 23 heavy (non-hydrogen) atoms. The van der Waals surface area contributed by atoms with E-state index >= 15 is 0 Å². The smallest absolute Gasteiger partial charge is 0.244 e. The molecule has 2 aromatic carbocycles. The number of hydrogen-bond acceptors (Lipinski definition) is 4. The van der Waals surface area contributed by atoms with Crippen molar-refractivity contribution in [3.63, 3.8) is 0 Å². The van der Waals surface area contributed by atoms with Gasteiger partial charge in [-0.25, -0.2) is 8.78 Å². The molecule has 1 heterocycles. The van der Waals surface area contributed by atoms with E-state index in [1.165, 1.54) is 18.2 Å². The molecule has 0 saturated carbocycles. The highest BCUT2D eigenvalue weighted by atomic mass is 19.1. The van der Waals surface area contributed by atoms with Crippen LogP contribution in [0.25, 0.3) is 22.6 Å². The number of ether oxygens (including phenoxy) is 1. The Labute approximate surface area is 131 Å². The molecule has 0 aliphatic rings. The van der Waals surface area contributed by atoms with Gasteiger partial charge in [0, 0.05) is 5.56 Å². The molecular weight excluding hydrogens is 300 g/mol. The quantitative estimate of drug-likeness (QED) is 0.733. The fourth-order valence-electron chi connectivity index (χ4n) is 2.09. The van der Waals surface area contributed by atoms with E-state index in [-0.39, 0.29) is 23.1 Å². The summed E-state index contributed by atoms with van der Waals surface area (Å²) in [7, 11) is 0. The van der Waals surface area contributed by atoms with Crippen LogP contribution in [-0.4, -0.2) is 21.8 Å². The number of aromatic nitrogens is 3. The van der Waals surface area contributed by atoms with Crippen LogP contribution in [0.1, 0.15) is 6.92 Å². The molecule has 0 spiro atoms. The fraction of sp³-hybridized carbons (Fsp3) is 0.118. The zero-order valence-corrected chi connectivity index (χ0v) is 12.3. The second-order valence-corrected chi connectivity index (χ2v) is 4.71. The Morgan fingerprint density at radius 3 is 2.39 bits per heavy atom. The van der Waals surface area contributed by atoms with Gasteiger partial charge >= 0.3 is 0 Å². The predicted molar refractivity (Wildman–Crippen MR) is 81.8 cm³/mol. The molecule has 0 saturated heterocycles. The van der Waals surface area contributed by atoms with E-state index in [1.807, 2.05) is 0 Å². The molecule has 0 unspecified atom stereocenters. The van der Waals surface area contributed by atoms with Crippen LogP contribution < -0.4 is 4.74 Å². The minimum absolute atomic E-state index is 0.136. The van der Waals surface area contributed by atoms with Crippen LogP contribution in [0, 0.1) is 11.6 Å². The van der Waals surface area contributed by atoms with Crippen LogP contribution in [0.5, 0.6) is 5.88 Å². The van der Waals surface area contributed by atoms with Crippen molar-refractivity contribution in [3.05, 3.63) is 60.2 Å². The minimum Gasteiger partial charge on any atom is -0.476 e. The summed E-state index contributed by atoms with van der Waals surface area (Å²) in [5.74, 6) is -0.424. The molecule has 0 fully saturated rings. The van der Waals surface area contributed by atoms with Gasteiger partial charge in [0.2, 0.25) is 5.88 Å². The molecule has 0 radical (unpaired) electrons. The van der Waals surface area contributed by atoms with E-state index in [0.717, 1.165) is 0 Å². The average molecular weight is 313 g/mol. The van der Waals surface area contributed by atoms with Gasteiger partial charge in [0.25, 0.3) is 0 Å². The van der Waals surface area contributed by atoms with Crippen molar-refractivity contribution in [2.24, 2.45) is 0 Å². The van der Waals surface area contributed by atoms with Gasteiger partial charge in [-0.1, -0.05) is 12.1 Å². The highest BCUT2D eigenvalue weighted by Gasteiger charge is 2.15. The van der Waals surface area contributed by atoms with Gasteiger partial charge in [0.1, 0.15) is 11.6 Å². The maximum absolute atomic E-state index is 13.9. The molecule has 0 amide bonds. The molecule has 3 aromatic rings. The Hall–Kier alpha value is -2.89. The third kappa shape index (κ3) is 3.15. The van der Waals surface area contributed by atoms with Crippen molar-refractivity contribution in [2.45, 2.75) is 6.92 Å². The summed E-state index contributed by atoms with van der Waals surface area (Å²) < 4.78 is 32.4. The molecule has 0 aliphatic carbocycles. The summed E-state index contributed by atoms with van der Waals surface area (Å²) in [5.41, 5.74) is 1.24. The standard InChI is InChI=1S/C17H13F2N3O/c1-2-23-17-15(11-7-9-12(18)10-8-11)21-22-16(20-17)13-5-3-4-6-14(13)19/h3-10H,2H2,1H3. The normalized spacial score (nSPS) is 10.6. The molecular formula is C17H13F2N3O. The molecule has 6 heteroatoms. The van der Waals surface area contributed by atoms with Crippen molar-refractivity contribution in [1.82, 2.24) is 15.2 Å². The van der Waals surface area contributed by atoms with Gasteiger partial charge in [-0.3, -0.25) is 0 Å². The lowest BCUT2D eigenvalue weighted by atomic mass is 10.1.